The average Bonchev–Trinajstić information content (AvgIpc) is 2.52. The number of rotatable bonds is 3. The second kappa shape index (κ2) is 6.95. The molecule has 1 atom stereocenters. The summed E-state index contributed by atoms with van der Waals surface area (Å²) < 4.78 is 26.1. The molecule has 0 heterocycles. The summed E-state index contributed by atoms with van der Waals surface area (Å²) in [5.74, 6) is 0.207. The topological polar surface area (TPSA) is 80.4 Å². The maximum absolute atomic E-state index is 13.1. The lowest BCUT2D eigenvalue weighted by atomic mass is 9.78. The molecule has 0 amide bonds. The molecule has 0 bridgehead atoms. The molecule has 27 heavy (non-hydrogen) atoms. The summed E-state index contributed by atoms with van der Waals surface area (Å²) in [5, 5.41) is 9.62. The number of benzene rings is 2. The normalized spacial score (nSPS) is 14.2. The zero-order valence-corrected chi connectivity index (χ0v) is 18.1. The van der Waals surface area contributed by atoms with Gasteiger partial charge in [0.2, 0.25) is 0 Å². The maximum Gasteiger partial charge on any atom is 0.198 e. The zero-order chi connectivity index (χ0) is 20.8. The van der Waals surface area contributed by atoms with Gasteiger partial charge < -0.3 is 10.8 Å². The maximum atomic E-state index is 13.1. The van der Waals surface area contributed by atoms with Crippen molar-refractivity contribution < 1.29 is 13.5 Å². The number of phenolic OH excluding ortho intramolecular Hbond substituents is 1. The predicted molar refractivity (Wildman–Crippen MR) is 111 cm³/mol. The second-order valence-corrected chi connectivity index (χ2v) is 11.3. The molecule has 0 spiro atoms. The molecule has 5 heteroatoms. The summed E-state index contributed by atoms with van der Waals surface area (Å²) in [5.41, 5.74) is 8.40. The number of aromatic hydroxyl groups is 1. The monoisotopic (exact) mass is 389 g/mol. The Morgan fingerprint density at radius 3 is 1.67 bits per heavy atom. The van der Waals surface area contributed by atoms with Gasteiger partial charge in [0.05, 0.1) is 4.90 Å². The van der Waals surface area contributed by atoms with E-state index in [2.05, 4.69) is 0 Å². The Labute approximate surface area is 163 Å². The summed E-state index contributed by atoms with van der Waals surface area (Å²) in [6.45, 7) is 13.8. The van der Waals surface area contributed by atoms with Crippen LogP contribution >= 0.6 is 0 Å². The van der Waals surface area contributed by atoms with Crippen LogP contribution in [0.15, 0.2) is 41.3 Å². The Balaban J connectivity index is 2.68. The molecule has 0 fully saturated rings. The van der Waals surface area contributed by atoms with Crippen LogP contribution in [0.4, 0.5) is 0 Å². The fraction of sp³-hybridized carbons (Fsp3) is 0.455. The molecule has 0 aliphatic carbocycles. The highest BCUT2D eigenvalue weighted by molar-refractivity contribution is 7.91. The minimum absolute atomic E-state index is 0.197. The number of sulfone groups is 1. The van der Waals surface area contributed by atoms with E-state index in [-0.39, 0.29) is 21.5 Å². The molecule has 0 radical (unpaired) electrons. The third-order valence-corrected chi connectivity index (χ3v) is 6.63. The van der Waals surface area contributed by atoms with Gasteiger partial charge in [-0.05, 0) is 58.7 Å². The molecular formula is C22H31NO3S. The van der Waals surface area contributed by atoms with E-state index in [0.29, 0.717) is 16.7 Å². The molecule has 148 valence electrons. The molecule has 4 nitrogen and oxygen atoms in total. The van der Waals surface area contributed by atoms with Crippen LogP contribution < -0.4 is 5.73 Å². The van der Waals surface area contributed by atoms with Crippen molar-refractivity contribution in [3.05, 3.63) is 58.7 Å². The molecule has 2 aromatic carbocycles. The summed E-state index contributed by atoms with van der Waals surface area (Å²) >= 11 is 0. The second-order valence-electron chi connectivity index (χ2n) is 9.24. The van der Waals surface area contributed by atoms with Gasteiger partial charge >= 0.3 is 0 Å². The first-order chi connectivity index (χ1) is 12.2. The van der Waals surface area contributed by atoms with Crippen LogP contribution in [0.1, 0.15) is 69.2 Å². The van der Waals surface area contributed by atoms with Gasteiger partial charge in [0.15, 0.2) is 9.84 Å². The smallest absolute Gasteiger partial charge is 0.198 e. The molecule has 1 unspecified atom stereocenters. The van der Waals surface area contributed by atoms with Gasteiger partial charge in [0.1, 0.15) is 11.1 Å². The first kappa shape index (κ1) is 21.5. The van der Waals surface area contributed by atoms with Crippen molar-refractivity contribution in [3.63, 3.8) is 0 Å². The van der Waals surface area contributed by atoms with Crippen molar-refractivity contribution in [2.75, 3.05) is 0 Å². The van der Waals surface area contributed by atoms with Gasteiger partial charge in [0, 0.05) is 0 Å². The standard InChI is InChI=1S/C22H31NO3S/c1-14-8-10-16(11-9-14)27(25,26)20(23)15-12-17(21(2,3)4)19(24)18(13-15)22(5,6)7/h8-13,20,24H,23H2,1-7H3. The van der Waals surface area contributed by atoms with Crippen LogP contribution in [0, 0.1) is 6.92 Å². The van der Waals surface area contributed by atoms with Gasteiger partial charge in [0.25, 0.3) is 0 Å². The van der Waals surface area contributed by atoms with Gasteiger partial charge in [-0.2, -0.15) is 0 Å². The van der Waals surface area contributed by atoms with Crippen molar-refractivity contribution in [1.82, 2.24) is 0 Å². The van der Waals surface area contributed by atoms with Crippen molar-refractivity contribution >= 4 is 9.84 Å². The molecule has 0 aliphatic rings. The highest BCUT2D eigenvalue weighted by Crippen LogP contribution is 2.41. The quantitative estimate of drug-likeness (QED) is 0.795. The van der Waals surface area contributed by atoms with Crippen molar-refractivity contribution in [3.8, 4) is 5.75 Å². The van der Waals surface area contributed by atoms with E-state index >= 15 is 0 Å². The van der Waals surface area contributed by atoms with Gasteiger partial charge in [-0.3, -0.25) is 0 Å². The Morgan fingerprint density at radius 2 is 1.30 bits per heavy atom. The third-order valence-electron chi connectivity index (χ3n) is 4.76. The number of nitrogens with two attached hydrogens (primary N) is 1. The van der Waals surface area contributed by atoms with Crippen LogP contribution in [0.5, 0.6) is 5.75 Å². The van der Waals surface area contributed by atoms with Gasteiger partial charge in [-0.15, -0.1) is 0 Å². The van der Waals surface area contributed by atoms with Crippen molar-refractivity contribution in [2.45, 2.75) is 69.6 Å². The van der Waals surface area contributed by atoms with Crippen LogP contribution in [0.3, 0.4) is 0 Å². The number of phenols is 1. The lowest BCUT2D eigenvalue weighted by Gasteiger charge is -2.29. The SMILES string of the molecule is Cc1ccc(S(=O)(=O)C(N)c2cc(C(C)(C)C)c(O)c(C(C)(C)C)c2)cc1. The van der Waals surface area contributed by atoms with Crippen molar-refractivity contribution in [2.24, 2.45) is 5.73 Å². The Morgan fingerprint density at radius 1 is 0.889 bits per heavy atom. The van der Waals surface area contributed by atoms with Crippen LogP contribution in [0.2, 0.25) is 0 Å². The molecule has 0 aliphatic heterocycles. The lowest BCUT2D eigenvalue weighted by molar-refractivity contribution is 0.422. The first-order valence-corrected chi connectivity index (χ1v) is 10.6. The predicted octanol–water partition coefficient (Wildman–Crippen LogP) is 4.73. The molecule has 0 saturated heterocycles. The van der Waals surface area contributed by atoms with Crippen LogP contribution in [-0.4, -0.2) is 13.5 Å². The Bertz CT molecular complexity index is 896. The summed E-state index contributed by atoms with van der Waals surface area (Å²) in [4.78, 5) is 0.197. The minimum Gasteiger partial charge on any atom is -0.507 e. The molecule has 2 rings (SSSR count). The fourth-order valence-electron chi connectivity index (χ4n) is 3.02. The van der Waals surface area contributed by atoms with Gasteiger partial charge in [-0.1, -0.05) is 59.2 Å². The number of hydrogen-bond donors (Lipinski definition) is 2. The van der Waals surface area contributed by atoms with E-state index in [0.717, 1.165) is 5.56 Å². The largest absolute Gasteiger partial charge is 0.507 e. The third kappa shape index (κ3) is 4.36. The van der Waals surface area contributed by atoms with E-state index in [9.17, 15) is 13.5 Å². The molecule has 3 N–H and O–H groups in total. The van der Waals surface area contributed by atoms with E-state index in [1.54, 1.807) is 36.4 Å². The number of aryl methyl sites for hydroxylation is 1. The molecular weight excluding hydrogens is 358 g/mol. The number of hydrogen-bond acceptors (Lipinski definition) is 4. The molecule has 0 aromatic heterocycles. The average molecular weight is 390 g/mol. The summed E-state index contributed by atoms with van der Waals surface area (Å²) in [6, 6.07) is 10.1. The first-order valence-electron chi connectivity index (χ1n) is 9.09. The van der Waals surface area contributed by atoms with Crippen LogP contribution in [-0.2, 0) is 20.7 Å². The zero-order valence-electron chi connectivity index (χ0n) is 17.3. The lowest BCUT2D eigenvalue weighted by Crippen LogP contribution is -2.25. The van der Waals surface area contributed by atoms with E-state index in [4.69, 9.17) is 5.73 Å². The highest BCUT2D eigenvalue weighted by atomic mass is 32.2. The molecule has 2 aromatic rings. The minimum atomic E-state index is -3.75. The van der Waals surface area contributed by atoms with Crippen molar-refractivity contribution in [1.29, 1.82) is 0 Å². The summed E-state index contributed by atoms with van der Waals surface area (Å²) in [6.07, 6.45) is 0. The van der Waals surface area contributed by atoms with E-state index in [1.807, 2.05) is 48.5 Å². The van der Waals surface area contributed by atoms with Gasteiger partial charge in [-0.25, -0.2) is 8.42 Å². The van der Waals surface area contributed by atoms with E-state index in [1.165, 1.54) is 0 Å². The highest BCUT2D eigenvalue weighted by Gasteiger charge is 2.31. The molecule has 0 saturated carbocycles. The van der Waals surface area contributed by atoms with E-state index < -0.39 is 15.2 Å². The van der Waals surface area contributed by atoms with Crippen LogP contribution in [0.25, 0.3) is 0 Å². The fourth-order valence-corrected chi connectivity index (χ4v) is 4.32. The Kier molecular flexibility index (Phi) is 5.52. The Hall–Kier alpha value is -1.85. The summed E-state index contributed by atoms with van der Waals surface area (Å²) in [7, 11) is -3.75.